The highest BCUT2D eigenvalue weighted by Gasteiger charge is 2.27. The first-order valence-electron chi connectivity index (χ1n) is 5.90. The van der Waals surface area contributed by atoms with Gasteiger partial charge in [0.25, 0.3) is 5.91 Å². The molecule has 1 aromatic carbocycles. The Kier molecular flexibility index (Phi) is 2.97. The summed E-state index contributed by atoms with van der Waals surface area (Å²) in [5.41, 5.74) is 2.00. The van der Waals surface area contributed by atoms with Crippen LogP contribution in [0.25, 0.3) is 0 Å². The van der Waals surface area contributed by atoms with Gasteiger partial charge in [0.05, 0.1) is 11.9 Å². The molecule has 1 amide bonds. The first kappa shape index (κ1) is 11.5. The molecule has 6 heteroatoms. The van der Waals surface area contributed by atoms with Crippen molar-refractivity contribution in [1.29, 1.82) is 0 Å². The van der Waals surface area contributed by atoms with Gasteiger partial charge >= 0.3 is 0 Å². The van der Waals surface area contributed by atoms with E-state index in [1.807, 2.05) is 30.3 Å². The van der Waals surface area contributed by atoms with Crippen LogP contribution >= 0.6 is 0 Å². The van der Waals surface area contributed by atoms with E-state index in [4.69, 9.17) is 4.84 Å². The highest BCUT2D eigenvalue weighted by Crippen LogP contribution is 2.27. The van der Waals surface area contributed by atoms with Crippen molar-refractivity contribution in [2.45, 2.75) is 12.5 Å². The Morgan fingerprint density at radius 1 is 1.37 bits per heavy atom. The molecule has 0 saturated heterocycles. The minimum Gasteiger partial charge on any atom is -0.387 e. The van der Waals surface area contributed by atoms with Crippen molar-refractivity contribution in [3.63, 3.8) is 0 Å². The first-order valence-corrected chi connectivity index (χ1v) is 5.90. The Bertz CT molecular complexity index is 592. The molecule has 1 aliphatic heterocycles. The number of aromatic amines is 1. The molecule has 0 saturated carbocycles. The van der Waals surface area contributed by atoms with E-state index in [1.54, 1.807) is 6.20 Å². The number of amides is 1. The largest absolute Gasteiger partial charge is 0.387 e. The molecule has 0 aliphatic carbocycles. The molecule has 0 bridgehead atoms. The predicted molar refractivity (Wildman–Crippen MR) is 69.5 cm³/mol. The molecule has 2 N–H and O–H groups in total. The van der Waals surface area contributed by atoms with E-state index >= 15 is 0 Å². The lowest BCUT2D eigenvalue weighted by atomic mass is 10.0. The second-order valence-corrected chi connectivity index (χ2v) is 4.19. The minimum absolute atomic E-state index is 0.189. The Hall–Kier alpha value is -2.63. The summed E-state index contributed by atoms with van der Waals surface area (Å²) in [6.07, 6.45) is 3.41. The molecule has 0 unspecified atom stereocenters. The molecule has 2 heterocycles. The minimum atomic E-state index is -0.264. The third-order valence-electron chi connectivity index (χ3n) is 2.86. The van der Waals surface area contributed by atoms with Gasteiger partial charge in [-0.25, -0.2) is 0 Å². The predicted octanol–water partition coefficient (Wildman–Crippen LogP) is 1.87. The van der Waals surface area contributed by atoms with Crippen LogP contribution in [0.3, 0.4) is 0 Å². The molecule has 3 rings (SSSR count). The van der Waals surface area contributed by atoms with Gasteiger partial charge in [-0.1, -0.05) is 35.5 Å². The highest BCUT2D eigenvalue weighted by molar-refractivity contribution is 6.43. The molecule has 19 heavy (non-hydrogen) atoms. The van der Waals surface area contributed by atoms with Crippen LogP contribution in [-0.4, -0.2) is 21.8 Å². The van der Waals surface area contributed by atoms with Crippen molar-refractivity contribution in [3.05, 3.63) is 48.3 Å². The van der Waals surface area contributed by atoms with E-state index in [1.165, 1.54) is 6.20 Å². The molecular formula is C13H12N4O2. The number of aromatic nitrogens is 2. The van der Waals surface area contributed by atoms with Crippen LogP contribution in [0.1, 0.15) is 18.1 Å². The molecule has 1 aromatic heterocycles. The Morgan fingerprint density at radius 3 is 2.95 bits per heavy atom. The summed E-state index contributed by atoms with van der Waals surface area (Å²) >= 11 is 0. The number of hydrogen-bond acceptors (Lipinski definition) is 4. The van der Waals surface area contributed by atoms with Crippen molar-refractivity contribution >= 4 is 17.3 Å². The fourth-order valence-corrected chi connectivity index (χ4v) is 1.88. The maximum atomic E-state index is 11.9. The molecule has 1 aliphatic rings. The normalized spacial score (nSPS) is 17.7. The summed E-state index contributed by atoms with van der Waals surface area (Å²) in [6.45, 7) is 0. The number of anilines is 1. The molecule has 0 fully saturated rings. The van der Waals surface area contributed by atoms with Crippen LogP contribution in [0.5, 0.6) is 0 Å². The summed E-state index contributed by atoms with van der Waals surface area (Å²) in [7, 11) is 0. The number of H-pyrrole nitrogens is 1. The van der Waals surface area contributed by atoms with Crippen LogP contribution in [-0.2, 0) is 9.63 Å². The Labute approximate surface area is 109 Å². The number of nitrogens with zero attached hydrogens (tertiary/aromatic N) is 2. The van der Waals surface area contributed by atoms with Crippen LogP contribution in [0, 0.1) is 0 Å². The van der Waals surface area contributed by atoms with E-state index < -0.39 is 0 Å². The molecule has 96 valence electrons. The summed E-state index contributed by atoms with van der Waals surface area (Å²) in [6, 6.07) is 9.71. The Balaban J connectivity index is 1.64. The fraction of sp³-hybridized carbons (Fsp3) is 0.154. The van der Waals surface area contributed by atoms with Crippen LogP contribution in [0.4, 0.5) is 5.69 Å². The topological polar surface area (TPSA) is 79.4 Å². The summed E-state index contributed by atoms with van der Waals surface area (Å²) in [5, 5.41) is 12.9. The molecule has 0 spiro atoms. The lowest BCUT2D eigenvalue weighted by Crippen LogP contribution is -2.21. The van der Waals surface area contributed by atoms with E-state index in [0.29, 0.717) is 17.8 Å². The zero-order valence-corrected chi connectivity index (χ0v) is 10.0. The van der Waals surface area contributed by atoms with Gasteiger partial charge in [-0.05, 0) is 5.56 Å². The van der Waals surface area contributed by atoms with Gasteiger partial charge in [0, 0.05) is 12.6 Å². The third kappa shape index (κ3) is 2.47. The SMILES string of the molecule is O=C(Nc1cn[nH]c1)C1=NO[C@@H](c2ccccc2)C1. The first-order chi connectivity index (χ1) is 9.33. The lowest BCUT2D eigenvalue weighted by Gasteiger charge is -2.07. The molecule has 0 radical (unpaired) electrons. The smallest absolute Gasteiger partial charge is 0.273 e. The van der Waals surface area contributed by atoms with E-state index in [0.717, 1.165) is 5.56 Å². The van der Waals surface area contributed by atoms with Gasteiger partial charge < -0.3 is 10.2 Å². The van der Waals surface area contributed by atoms with Crippen molar-refractivity contribution in [3.8, 4) is 0 Å². The zero-order valence-electron chi connectivity index (χ0n) is 10.0. The van der Waals surface area contributed by atoms with Gasteiger partial charge in [-0.2, -0.15) is 5.10 Å². The number of carbonyl (C=O) groups is 1. The van der Waals surface area contributed by atoms with Crippen molar-refractivity contribution < 1.29 is 9.63 Å². The van der Waals surface area contributed by atoms with Crippen molar-refractivity contribution in [2.75, 3.05) is 5.32 Å². The van der Waals surface area contributed by atoms with Gasteiger partial charge in [0.15, 0.2) is 6.10 Å². The number of oxime groups is 1. The maximum Gasteiger partial charge on any atom is 0.273 e. The molecule has 6 nitrogen and oxygen atoms in total. The zero-order chi connectivity index (χ0) is 13.1. The standard InChI is InChI=1S/C13H12N4O2/c18-13(16-10-7-14-15-8-10)11-6-12(19-17-11)9-4-2-1-3-5-9/h1-5,7-8,12H,6H2,(H,14,15)(H,16,18)/t12-/m1/s1. The second kappa shape index (κ2) is 4.93. The molecule has 2 aromatic rings. The summed E-state index contributed by atoms with van der Waals surface area (Å²) in [5.74, 6) is -0.264. The van der Waals surface area contributed by atoms with E-state index in [9.17, 15) is 4.79 Å². The van der Waals surface area contributed by atoms with Crippen LogP contribution in [0.2, 0.25) is 0 Å². The number of hydrogen-bond donors (Lipinski definition) is 2. The van der Waals surface area contributed by atoms with E-state index in [-0.39, 0.29) is 12.0 Å². The summed E-state index contributed by atoms with van der Waals surface area (Å²) < 4.78 is 0. The summed E-state index contributed by atoms with van der Waals surface area (Å²) in [4.78, 5) is 17.2. The lowest BCUT2D eigenvalue weighted by molar-refractivity contribution is -0.110. The van der Waals surface area contributed by atoms with Crippen molar-refractivity contribution in [1.82, 2.24) is 10.2 Å². The maximum absolute atomic E-state index is 11.9. The van der Waals surface area contributed by atoms with Crippen LogP contribution < -0.4 is 5.32 Å². The van der Waals surface area contributed by atoms with Gasteiger partial charge in [-0.15, -0.1) is 0 Å². The number of nitrogens with one attached hydrogen (secondary N) is 2. The quantitative estimate of drug-likeness (QED) is 0.879. The number of carbonyl (C=O) groups excluding carboxylic acids is 1. The van der Waals surface area contributed by atoms with E-state index in [2.05, 4.69) is 20.7 Å². The van der Waals surface area contributed by atoms with Crippen LogP contribution in [0.15, 0.2) is 47.9 Å². The van der Waals surface area contributed by atoms with Gasteiger partial charge in [0.2, 0.25) is 0 Å². The average Bonchev–Trinajstić information content (AvgIpc) is 3.10. The monoisotopic (exact) mass is 256 g/mol. The molecular weight excluding hydrogens is 244 g/mol. The van der Waals surface area contributed by atoms with Crippen molar-refractivity contribution in [2.24, 2.45) is 5.16 Å². The second-order valence-electron chi connectivity index (χ2n) is 4.19. The number of rotatable bonds is 3. The number of benzene rings is 1. The fourth-order valence-electron chi connectivity index (χ4n) is 1.88. The van der Waals surface area contributed by atoms with Gasteiger partial charge in [-0.3, -0.25) is 9.89 Å². The van der Waals surface area contributed by atoms with Gasteiger partial charge in [0.1, 0.15) is 5.71 Å². The average molecular weight is 256 g/mol. The highest BCUT2D eigenvalue weighted by atomic mass is 16.6. The third-order valence-corrected chi connectivity index (χ3v) is 2.86. The Morgan fingerprint density at radius 2 is 2.21 bits per heavy atom. The molecule has 1 atom stereocenters.